The first kappa shape index (κ1) is 11.8. The zero-order valence-corrected chi connectivity index (χ0v) is 10.3. The number of likely N-dealkylation sites (N-methyl/N-ethyl adjacent to an activating group) is 2. The Balaban J connectivity index is 2.19. The summed E-state index contributed by atoms with van der Waals surface area (Å²) in [7, 11) is 4.12. The van der Waals surface area contributed by atoms with E-state index in [2.05, 4.69) is 32.9 Å². The molecule has 0 N–H and O–H groups in total. The fourth-order valence-electron chi connectivity index (χ4n) is 2.30. The molecule has 1 unspecified atom stereocenters. The second-order valence-corrected chi connectivity index (χ2v) is 4.51. The van der Waals surface area contributed by atoms with E-state index in [0.29, 0.717) is 17.6 Å². The van der Waals surface area contributed by atoms with E-state index in [1.807, 2.05) is 7.05 Å². The van der Waals surface area contributed by atoms with Crippen LogP contribution in [0.25, 0.3) is 0 Å². The van der Waals surface area contributed by atoms with Gasteiger partial charge in [0.15, 0.2) is 11.5 Å². The lowest BCUT2D eigenvalue weighted by Gasteiger charge is -2.36. The Morgan fingerprint density at radius 3 is 2.94 bits per heavy atom. The van der Waals surface area contributed by atoms with Crippen molar-refractivity contribution in [1.82, 2.24) is 14.9 Å². The molecule has 17 heavy (non-hydrogen) atoms. The van der Waals surface area contributed by atoms with Gasteiger partial charge in [0.25, 0.3) is 0 Å². The molecule has 0 saturated carbocycles. The highest BCUT2D eigenvalue weighted by Gasteiger charge is 2.23. The molecule has 1 fully saturated rings. The molecule has 0 amide bonds. The third-order valence-corrected chi connectivity index (χ3v) is 3.27. The number of hydrogen-bond donors (Lipinski definition) is 0. The number of rotatable bonds is 2. The fraction of sp³-hybridized carbons (Fsp3) is 0.583. The van der Waals surface area contributed by atoms with Crippen molar-refractivity contribution in [1.29, 1.82) is 5.26 Å². The van der Waals surface area contributed by atoms with E-state index >= 15 is 0 Å². The first-order valence-electron chi connectivity index (χ1n) is 5.85. The number of aromatic nitrogens is 2. The standard InChI is InChI=1S/C12H17N5/c1-16-7-3-4-10(9-16)17(2)12-11(8-13)14-5-6-15-12/h5-6,10H,3-4,7,9H2,1-2H3. The lowest BCUT2D eigenvalue weighted by atomic mass is 10.1. The van der Waals surface area contributed by atoms with Crippen LogP contribution in [0.3, 0.4) is 0 Å². The Bertz CT molecular complexity index is 425. The minimum Gasteiger partial charge on any atom is -0.353 e. The lowest BCUT2D eigenvalue weighted by molar-refractivity contribution is 0.247. The van der Waals surface area contributed by atoms with Gasteiger partial charge >= 0.3 is 0 Å². The topological polar surface area (TPSA) is 56.1 Å². The summed E-state index contributed by atoms with van der Waals surface area (Å²) >= 11 is 0. The molecule has 1 saturated heterocycles. The molecular formula is C12H17N5. The van der Waals surface area contributed by atoms with Crippen molar-refractivity contribution in [2.24, 2.45) is 0 Å². The van der Waals surface area contributed by atoms with Gasteiger partial charge in [-0.25, -0.2) is 9.97 Å². The summed E-state index contributed by atoms with van der Waals surface area (Å²) in [4.78, 5) is 12.7. The number of nitrogens with zero attached hydrogens (tertiary/aromatic N) is 5. The third-order valence-electron chi connectivity index (χ3n) is 3.27. The zero-order valence-electron chi connectivity index (χ0n) is 10.3. The molecule has 90 valence electrons. The van der Waals surface area contributed by atoms with E-state index < -0.39 is 0 Å². The molecule has 0 aromatic carbocycles. The molecule has 0 aliphatic carbocycles. The average Bonchev–Trinajstić information content (AvgIpc) is 2.38. The largest absolute Gasteiger partial charge is 0.353 e. The summed E-state index contributed by atoms with van der Waals surface area (Å²) in [5.74, 6) is 0.690. The van der Waals surface area contributed by atoms with E-state index in [0.717, 1.165) is 19.5 Å². The molecule has 0 bridgehead atoms. The Morgan fingerprint density at radius 1 is 1.47 bits per heavy atom. The molecule has 0 spiro atoms. The minimum absolute atomic E-state index is 0.406. The van der Waals surface area contributed by atoms with Crippen LogP contribution < -0.4 is 4.90 Å². The molecule has 2 rings (SSSR count). The Kier molecular flexibility index (Phi) is 3.55. The molecule has 2 heterocycles. The summed E-state index contributed by atoms with van der Waals surface area (Å²) < 4.78 is 0. The van der Waals surface area contributed by atoms with Gasteiger partial charge in [-0.2, -0.15) is 5.26 Å². The van der Waals surface area contributed by atoms with Crippen molar-refractivity contribution in [3.63, 3.8) is 0 Å². The van der Waals surface area contributed by atoms with Crippen LogP contribution in [0.15, 0.2) is 12.4 Å². The van der Waals surface area contributed by atoms with Crippen LogP contribution in [0.2, 0.25) is 0 Å². The predicted molar refractivity (Wildman–Crippen MR) is 65.7 cm³/mol. The predicted octanol–water partition coefficient (Wildman–Crippen LogP) is 0.879. The van der Waals surface area contributed by atoms with Crippen LogP contribution in [0.4, 0.5) is 5.82 Å². The normalized spacial score (nSPS) is 20.9. The van der Waals surface area contributed by atoms with Crippen LogP contribution in [-0.2, 0) is 0 Å². The van der Waals surface area contributed by atoms with E-state index in [4.69, 9.17) is 5.26 Å². The molecule has 1 aromatic heterocycles. The van der Waals surface area contributed by atoms with Gasteiger partial charge in [0, 0.05) is 32.0 Å². The van der Waals surface area contributed by atoms with Crippen molar-refractivity contribution in [2.45, 2.75) is 18.9 Å². The first-order chi connectivity index (χ1) is 8.22. The summed E-state index contributed by atoms with van der Waals surface area (Å²) in [5, 5.41) is 9.03. The number of piperidine rings is 1. The van der Waals surface area contributed by atoms with Gasteiger partial charge in [0.2, 0.25) is 0 Å². The van der Waals surface area contributed by atoms with E-state index in [-0.39, 0.29) is 0 Å². The molecule has 1 aliphatic heterocycles. The van der Waals surface area contributed by atoms with Gasteiger partial charge in [-0.3, -0.25) is 0 Å². The van der Waals surface area contributed by atoms with E-state index in [1.54, 1.807) is 12.4 Å². The van der Waals surface area contributed by atoms with Crippen molar-refractivity contribution in [2.75, 3.05) is 32.1 Å². The highest BCUT2D eigenvalue weighted by Crippen LogP contribution is 2.20. The molecule has 5 nitrogen and oxygen atoms in total. The summed E-state index contributed by atoms with van der Waals surface area (Å²) in [6.07, 6.45) is 5.53. The van der Waals surface area contributed by atoms with Crippen LogP contribution in [-0.4, -0.2) is 48.1 Å². The van der Waals surface area contributed by atoms with Crippen LogP contribution >= 0.6 is 0 Å². The SMILES string of the molecule is CN1CCCC(N(C)c2nccnc2C#N)C1. The molecule has 0 radical (unpaired) electrons. The third kappa shape index (κ3) is 2.53. The maximum Gasteiger partial charge on any atom is 0.183 e. The second kappa shape index (κ2) is 5.11. The highest BCUT2D eigenvalue weighted by atomic mass is 15.2. The number of likely N-dealkylation sites (tertiary alicyclic amines) is 1. The molecule has 1 aromatic rings. The van der Waals surface area contributed by atoms with Gasteiger partial charge in [-0.1, -0.05) is 0 Å². The van der Waals surface area contributed by atoms with Crippen LogP contribution in [0, 0.1) is 11.3 Å². The van der Waals surface area contributed by atoms with Gasteiger partial charge in [-0.05, 0) is 26.4 Å². The second-order valence-electron chi connectivity index (χ2n) is 4.51. The van der Waals surface area contributed by atoms with Gasteiger partial charge in [0.05, 0.1) is 0 Å². The smallest absolute Gasteiger partial charge is 0.183 e. The maximum atomic E-state index is 9.03. The van der Waals surface area contributed by atoms with Gasteiger partial charge < -0.3 is 9.80 Å². The van der Waals surface area contributed by atoms with Crippen LogP contribution in [0.5, 0.6) is 0 Å². The summed E-state index contributed by atoms with van der Waals surface area (Å²) in [6.45, 7) is 2.16. The van der Waals surface area contributed by atoms with Crippen LogP contribution in [0.1, 0.15) is 18.5 Å². The van der Waals surface area contributed by atoms with Crippen molar-refractivity contribution < 1.29 is 0 Å². The quantitative estimate of drug-likeness (QED) is 0.756. The number of hydrogen-bond acceptors (Lipinski definition) is 5. The van der Waals surface area contributed by atoms with Gasteiger partial charge in [0.1, 0.15) is 6.07 Å². The number of nitriles is 1. The fourth-order valence-corrected chi connectivity index (χ4v) is 2.30. The minimum atomic E-state index is 0.406. The average molecular weight is 231 g/mol. The van der Waals surface area contributed by atoms with Crippen molar-refractivity contribution in [3.8, 4) is 6.07 Å². The zero-order chi connectivity index (χ0) is 12.3. The summed E-state index contributed by atoms with van der Waals surface area (Å²) in [6, 6.07) is 2.51. The van der Waals surface area contributed by atoms with Gasteiger partial charge in [-0.15, -0.1) is 0 Å². The summed E-state index contributed by atoms with van der Waals surface area (Å²) in [5.41, 5.74) is 0.406. The first-order valence-corrected chi connectivity index (χ1v) is 5.85. The Morgan fingerprint density at radius 2 is 2.24 bits per heavy atom. The molecule has 5 heteroatoms. The molecule has 1 atom stereocenters. The molecular weight excluding hydrogens is 214 g/mol. The van der Waals surface area contributed by atoms with E-state index in [9.17, 15) is 0 Å². The Hall–Kier alpha value is -1.67. The maximum absolute atomic E-state index is 9.03. The van der Waals surface area contributed by atoms with Crippen molar-refractivity contribution in [3.05, 3.63) is 18.1 Å². The lowest BCUT2D eigenvalue weighted by Crippen LogP contribution is -2.45. The van der Waals surface area contributed by atoms with E-state index in [1.165, 1.54) is 6.42 Å². The Labute approximate surface area is 102 Å². The van der Waals surface area contributed by atoms with Crippen molar-refractivity contribution >= 4 is 5.82 Å². The monoisotopic (exact) mass is 231 g/mol. The number of anilines is 1. The highest BCUT2D eigenvalue weighted by molar-refractivity contribution is 5.49. The molecule has 1 aliphatic rings.